The van der Waals surface area contributed by atoms with Crippen LogP contribution in [0.5, 0.6) is 5.75 Å². The minimum atomic E-state index is -0.318. The van der Waals surface area contributed by atoms with Gasteiger partial charge in [-0.15, -0.1) is 0 Å². The van der Waals surface area contributed by atoms with E-state index in [0.717, 1.165) is 15.8 Å². The van der Waals surface area contributed by atoms with Crippen molar-refractivity contribution >= 4 is 55.2 Å². The molecule has 0 N–H and O–H groups in total. The summed E-state index contributed by atoms with van der Waals surface area (Å²) in [4.78, 5) is 33.0. The number of hydrogen-bond donors (Lipinski definition) is 0. The number of pyridine rings is 1. The molecular formula is C23H16ClN5O2S. The molecule has 0 fully saturated rings. The molecule has 0 radical (unpaired) electrons. The summed E-state index contributed by atoms with van der Waals surface area (Å²) in [6.45, 7) is 0.265. The van der Waals surface area contributed by atoms with Gasteiger partial charge < -0.3 is 4.74 Å². The van der Waals surface area contributed by atoms with Gasteiger partial charge in [0, 0.05) is 12.4 Å². The molecule has 5 rings (SSSR count). The van der Waals surface area contributed by atoms with Crippen LogP contribution in [0.25, 0.3) is 21.3 Å². The van der Waals surface area contributed by atoms with Gasteiger partial charge in [0.25, 0.3) is 5.91 Å². The van der Waals surface area contributed by atoms with Crippen molar-refractivity contribution < 1.29 is 9.53 Å². The first-order valence-electron chi connectivity index (χ1n) is 9.69. The molecule has 0 bridgehead atoms. The Morgan fingerprint density at radius 1 is 1.06 bits per heavy atom. The lowest BCUT2D eigenvalue weighted by molar-refractivity contribution is 0.0980. The van der Waals surface area contributed by atoms with Gasteiger partial charge in [-0.1, -0.05) is 41.1 Å². The van der Waals surface area contributed by atoms with Crippen LogP contribution in [0.1, 0.15) is 16.1 Å². The molecule has 7 nitrogen and oxygen atoms in total. The standard InChI is InChI=1S/C23H16ClN5O2S/c1-31-19-9-8-15(24)21-20(19)28-23(32-21)29(13-14-5-4-10-25-11-14)22(30)18-12-26-16-6-2-3-7-17(16)27-18/h2-12H,13H2,1H3. The van der Waals surface area contributed by atoms with Gasteiger partial charge in [-0.3, -0.25) is 19.7 Å². The number of rotatable bonds is 5. The van der Waals surface area contributed by atoms with Crippen molar-refractivity contribution in [1.29, 1.82) is 0 Å². The van der Waals surface area contributed by atoms with Crippen LogP contribution in [0.3, 0.4) is 0 Å². The number of anilines is 1. The number of thiazole rings is 1. The number of carbonyl (C=O) groups is 1. The number of halogens is 1. The maximum atomic E-state index is 13.6. The zero-order chi connectivity index (χ0) is 22.1. The quantitative estimate of drug-likeness (QED) is 0.360. The molecule has 0 saturated heterocycles. The first-order valence-corrected chi connectivity index (χ1v) is 10.9. The highest BCUT2D eigenvalue weighted by molar-refractivity contribution is 7.23. The van der Waals surface area contributed by atoms with E-state index in [4.69, 9.17) is 21.3 Å². The van der Waals surface area contributed by atoms with Crippen molar-refractivity contribution in [2.24, 2.45) is 0 Å². The van der Waals surface area contributed by atoms with Crippen LogP contribution in [0.15, 0.2) is 67.1 Å². The van der Waals surface area contributed by atoms with E-state index >= 15 is 0 Å². The lowest BCUT2D eigenvalue weighted by atomic mass is 10.2. The van der Waals surface area contributed by atoms with Gasteiger partial charge in [0.1, 0.15) is 17.0 Å². The number of methoxy groups -OCH3 is 1. The van der Waals surface area contributed by atoms with Crippen molar-refractivity contribution in [1.82, 2.24) is 19.9 Å². The molecule has 9 heteroatoms. The minimum absolute atomic E-state index is 0.227. The fraction of sp³-hybridized carbons (Fsp3) is 0.0870. The van der Waals surface area contributed by atoms with E-state index in [1.165, 1.54) is 17.5 Å². The molecular weight excluding hydrogens is 446 g/mol. The number of ether oxygens (including phenoxy) is 1. The number of hydrogen-bond acceptors (Lipinski definition) is 7. The normalized spacial score (nSPS) is 11.1. The van der Waals surface area contributed by atoms with Crippen LogP contribution in [0.2, 0.25) is 5.02 Å². The Balaban J connectivity index is 1.62. The highest BCUT2D eigenvalue weighted by Gasteiger charge is 2.25. The Labute approximate surface area is 192 Å². The second-order valence-corrected chi connectivity index (χ2v) is 8.31. The van der Waals surface area contributed by atoms with Crippen LogP contribution >= 0.6 is 22.9 Å². The van der Waals surface area contributed by atoms with Gasteiger partial charge in [-0.2, -0.15) is 0 Å². The average Bonchev–Trinajstić information content (AvgIpc) is 3.29. The third kappa shape index (κ3) is 3.74. The molecule has 0 aliphatic heterocycles. The molecule has 1 amide bonds. The molecule has 0 saturated carbocycles. The Morgan fingerprint density at radius 3 is 2.69 bits per heavy atom. The van der Waals surface area contributed by atoms with Crippen molar-refractivity contribution in [3.63, 3.8) is 0 Å². The van der Waals surface area contributed by atoms with E-state index in [1.54, 1.807) is 36.5 Å². The fourth-order valence-corrected chi connectivity index (χ4v) is 4.57. The highest BCUT2D eigenvalue weighted by Crippen LogP contribution is 2.39. The van der Waals surface area contributed by atoms with Gasteiger partial charge in [-0.25, -0.2) is 9.97 Å². The topological polar surface area (TPSA) is 81.1 Å². The van der Waals surface area contributed by atoms with Gasteiger partial charge in [0.05, 0.1) is 40.6 Å². The minimum Gasteiger partial charge on any atom is -0.494 e. The summed E-state index contributed by atoms with van der Waals surface area (Å²) in [5.74, 6) is 0.271. The van der Waals surface area contributed by atoms with Crippen LogP contribution in [-0.2, 0) is 6.54 Å². The zero-order valence-corrected chi connectivity index (χ0v) is 18.5. The van der Waals surface area contributed by atoms with Crippen molar-refractivity contribution in [2.45, 2.75) is 6.54 Å². The van der Waals surface area contributed by atoms with E-state index in [9.17, 15) is 4.79 Å². The monoisotopic (exact) mass is 461 g/mol. The molecule has 5 aromatic rings. The summed E-state index contributed by atoms with van der Waals surface area (Å²) in [6.07, 6.45) is 4.89. The van der Waals surface area contributed by atoms with Crippen molar-refractivity contribution in [3.05, 3.63) is 83.4 Å². The number of amides is 1. The van der Waals surface area contributed by atoms with E-state index in [2.05, 4.69) is 15.0 Å². The second kappa shape index (κ2) is 8.49. The molecule has 32 heavy (non-hydrogen) atoms. The van der Waals surface area contributed by atoms with Crippen LogP contribution in [0.4, 0.5) is 5.13 Å². The number of aromatic nitrogens is 4. The Bertz CT molecular complexity index is 1440. The average molecular weight is 462 g/mol. The molecule has 0 atom stereocenters. The van der Waals surface area contributed by atoms with Gasteiger partial charge >= 0.3 is 0 Å². The lowest BCUT2D eigenvalue weighted by Crippen LogP contribution is -2.31. The van der Waals surface area contributed by atoms with Gasteiger partial charge in [0.2, 0.25) is 0 Å². The molecule has 0 aliphatic rings. The van der Waals surface area contributed by atoms with Crippen LogP contribution in [-0.4, -0.2) is 33.0 Å². The SMILES string of the molecule is COc1ccc(Cl)c2sc(N(Cc3cccnc3)C(=O)c3cnc4ccccc4n3)nc12. The summed E-state index contributed by atoms with van der Waals surface area (Å²) in [6, 6.07) is 14.7. The van der Waals surface area contributed by atoms with E-state index < -0.39 is 0 Å². The van der Waals surface area contributed by atoms with E-state index in [1.807, 2.05) is 36.4 Å². The maximum Gasteiger partial charge on any atom is 0.280 e. The third-order valence-electron chi connectivity index (χ3n) is 4.87. The second-order valence-electron chi connectivity index (χ2n) is 6.92. The van der Waals surface area contributed by atoms with Gasteiger partial charge in [0.15, 0.2) is 5.13 Å². The number of nitrogens with zero attached hydrogens (tertiary/aromatic N) is 5. The zero-order valence-electron chi connectivity index (χ0n) is 16.9. The summed E-state index contributed by atoms with van der Waals surface area (Å²) in [7, 11) is 1.57. The largest absolute Gasteiger partial charge is 0.494 e. The first-order chi connectivity index (χ1) is 15.6. The molecule has 0 aliphatic carbocycles. The lowest BCUT2D eigenvalue weighted by Gasteiger charge is -2.19. The molecule has 2 aromatic carbocycles. The summed E-state index contributed by atoms with van der Waals surface area (Å²) >= 11 is 7.73. The first kappa shape index (κ1) is 20.3. The predicted octanol–water partition coefficient (Wildman–Crippen LogP) is 5.14. The number of carbonyl (C=O) groups excluding carboxylic acids is 1. The van der Waals surface area contributed by atoms with Crippen LogP contribution < -0.4 is 9.64 Å². The molecule has 0 unspecified atom stereocenters. The summed E-state index contributed by atoms with van der Waals surface area (Å²) in [5.41, 5.74) is 3.05. The number of benzene rings is 2. The molecule has 3 heterocycles. The maximum absolute atomic E-state index is 13.6. The van der Waals surface area contributed by atoms with E-state index in [-0.39, 0.29) is 18.1 Å². The van der Waals surface area contributed by atoms with E-state index in [0.29, 0.717) is 26.9 Å². The number of fused-ring (bicyclic) bond motifs is 2. The Kier molecular flexibility index (Phi) is 5.38. The molecule has 3 aromatic heterocycles. The summed E-state index contributed by atoms with van der Waals surface area (Å²) in [5, 5.41) is 1.03. The Hall–Kier alpha value is -3.62. The molecule has 158 valence electrons. The van der Waals surface area contributed by atoms with Crippen molar-refractivity contribution in [3.8, 4) is 5.75 Å². The fourth-order valence-electron chi connectivity index (χ4n) is 3.32. The highest BCUT2D eigenvalue weighted by atomic mass is 35.5. The van der Waals surface area contributed by atoms with Gasteiger partial charge in [-0.05, 0) is 35.9 Å². The number of para-hydroxylation sites is 2. The summed E-state index contributed by atoms with van der Waals surface area (Å²) < 4.78 is 6.18. The Morgan fingerprint density at radius 2 is 1.91 bits per heavy atom. The smallest absolute Gasteiger partial charge is 0.280 e. The van der Waals surface area contributed by atoms with Crippen molar-refractivity contribution in [2.75, 3.05) is 12.0 Å². The predicted molar refractivity (Wildman–Crippen MR) is 125 cm³/mol. The molecule has 0 spiro atoms. The third-order valence-corrected chi connectivity index (χ3v) is 6.41. The van der Waals surface area contributed by atoms with Crippen LogP contribution in [0, 0.1) is 0 Å².